The van der Waals surface area contributed by atoms with Crippen LogP contribution in [0.2, 0.25) is 0 Å². The molecule has 1 unspecified atom stereocenters. The zero-order valence-corrected chi connectivity index (χ0v) is 16.5. The molecule has 0 fully saturated rings. The van der Waals surface area contributed by atoms with Crippen molar-refractivity contribution in [1.29, 1.82) is 0 Å². The molecule has 1 aromatic carbocycles. The van der Waals surface area contributed by atoms with E-state index >= 15 is 0 Å². The Labute approximate surface area is 150 Å². The van der Waals surface area contributed by atoms with Gasteiger partial charge in [0.1, 0.15) is 0 Å². The summed E-state index contributed by atoms with van der Waals surface area (Å²) in [4.78, 5) is 1.26. The van der Waals surface area contributed by atoms with Crippen LogP contribution in [0.3, 0.4) is 0 Å². The molecule has 1 rings (SSSR count). The fourth-order valence-electron chi connectivity index (χ4n) is 2.67. The standard InChI is InChI=1S/C20H28S.V/c1-7-9-16(5)20-13-18(11-12-19(20)15(3)4)14-21-17(6)10-8-2;/h6,8,10-13,15-16H,2,7,9,14H2,1,3-5H3;/b17-10+;. The Morgan fingerprint density at radius 1 is 1.27 bits per heavy atom. The fourth-order valence-corrected chi connectivity index (χ4v) is 3.93. The summed E-state index contributed by atoms with van der Waals surface area (Å²) in [5.74, 6) is 2.25. The van der Waals surface area contributed by atoms with E-state index in [1.807, 2.05) is 17.8 Å². The summed E-state index contributed by atoms with van der Waals surface area (Å²) in [6, 6.07) is 7.06. The SMILES string of the molecule is C=C/C=C(\[CH]=[V])SCc1ccc(C(C)C)c(C(C)CCC)c1. The van der Waals surface area contributed by atoms with Gasteiger partial charge in [-0.05, 0) is 0 Å². The average Bonchev–Trinajstić information content (AvgIpc) is 2.51. The van der Waals surface area contributed by atoms with Crippen molar-refractivity contribution in [3.8, 4) is 0 Å². The molecule has 119 valence electrons. The van der Waals surface area contributed by atoms with Gasteiger partial charge in [-0.1, -0.05) is 0 Å². The zero-order chi connectivity index (χ0) is 16.5. The molecule has 0 bridgehead atoms. The van der Waals surface area contributed by atoms with Crippen molar-refractivity contribution < 1.29 is 17.0 Å². The van der Waals surface area contributed by atoms with Gasteiger partial charge in [-0.3, -0.25) is 0 Å². The van der Waals surface area contributed by atoms with Crippen LogP contribution in [-0.2, 0) is 22.7 Å². The predicted octanol–water partition coefficient (Wildman–Crippen LogP) is 6.37. The molecule has 0 aromatic heterocycles. The van der Waals surface area contributed by atoms with Crippen LogP contribution in [0.4, 0.5) is 0 Å². The molecule has 0 spiro atoms. The van der Waals surface area contributed by atoms with Crippen molar-refractivity contribution >= 4 is 16.5 Å². The maximum absolute atomic E-state index is 3.78. The topological polar surface area (TPSA) is 0 Å². The first-order valence-electron chi connectivity index (χ1n) is 8.09. The monoisotopic (exact) mass is 351 g/mol. The third-order valence-corrected chi connectivity index (χ3v) is 5.62. The minimum absolute atomic E-state index is 0.591. The average molecular weight is 351 g/mol. The molecule has 0 amide bonds. The molecule has 0 aliphatic rings. The normalized spacial score (nSPS) is 13.2. The van der Waals surface area contributed by atoms with Gasteiger partial charge in [0.15, 0.2) is 0 Å². The molecule has 1 atom stereocenters. The number of thioether (sulfide) groups is 1. The summed E-state index contributed by atoms with van der Waals surface area (Å²) in [5.41, 5.74) is 4.47. The molecule has 0 heterocycles. The van der Waals surface area contributed by atoms with Gasteiger partial charge in [-0.15, -0.1) is 0 Å². The van der Waals surface area contributed by atoms with Crippen LogP contribution in [-0.4, -0.2) is 4.73 Å². The molecule has 0 aliphatic heterocycles. The molecule has 0 saturated heterocycles. The molecular formula is C20H28SV. The zero-order valence-electron chi connectivity index (χ0n) is 14.3. The fraction of sp³-hybridized carbons (Fsp3) is 0.450. The van der Waals surface area contributed by atoms with Gasteiger partial charge in [-0.2, -0.15) is 0 Å². The summed E-state index contributed by atoms with van der Waals surface area (Å²) in [6.07, 6.45) is 6.42. The molecule has 0 aliphatic carbocycles. The van der Waals surface area contributed by atoms with Crippen LogP contribution in [0.5, 0.6) is 0 Å². The predicted molar refractivity (Wildman–Crippen MR) is 99.5 cm³/mol. The minimum atomic E-state index is 0.591. The molecule has 22 heavy (non-hydrogen) atoms. The summed E-state index contributed by atoms with van der Waals surface area (Å²) in [5, 5.41) is 0. The van der Waals surface area contributed by atoms with Crippen molar-refractivity contribution in [2.24, 2.45) is 0 Å². The second-order valence-electron chi connectivity index (χ2n) is 6.03. The first kappa shape index (κ1) is 19.6. The first-order valence-corrected chi connectivity index (χ1v) is 9.88. The van der Waals surface area contributed by atoms with E-state index in [0.29, 0.717) is 11.8 Å². The van der Waals surface area contributed by atoms with Gasteiger partial charge in [-0.25, -0.2) is 0 Å². The van der Waals surface area contributed by atoms with Gasteiger partial charge in [0, 0.05) is 0 Å². The van der Waals surface area contributed by atoms with Gasteiger partial charge < -0.3 is 0 Å². The van der Waals surface area contributed by atoms with E-state index in [1.165, 1.54) is 28.9 Å². The Kier molecular flexibility index (Phi) is 9.16. The van der Waals surface area contributed by atoms with Gasteiger partial charge >= 0.3 is 150 Å². The molecule has 0 N–H and O–H groups in total. The van der Waals surface area contributed by atoms with Crippen LogP contribution >= 0.6 is 11.8 Å². The van der Waals surface area contributed by atoms with Crippen LogP contribution in [0.25, 0.3) is 0 Å². The Morgan fingerprint density at radius 3 is 2.55 bits per heavy atom. The van der Waals surface area contributed by atoms with E-state index in [9.17, 15) is 0 Å². The molecule has 0 nitrogen and oxygen atoms in total. The Bertz CT molecular complexity index is 529. The first-order chi connectivity index (χ1) is 10.5. The molecule has 2 heteroatoms. The van der Waals surface area contributed by atoms with E-state index in [2.05, 4.69) is 80.3 Å². The van der Waals surface area contributed by atoms with Gasteiger partial charge in [0.25, 0.3) is 0 Å². The van der Waals surface area contributed by atoms with Crippen LogP contribution in [0.15, 0.2) is 41.8 Å². The van der Waals surface area contributed by atoms with E-state index in [1.54, 1.807) is 5.56 Å². The van der Waals surface area contributed by atoms with Crippen LogP contribution < -0.4 is 0 Å². The number of rotatable bonds is 9. The van der Waals surface area contributed by atoms with Crippen molar-refractivity contribution in [3.05, 3.63) is 58.5 Å². The second kappa shape index (κ2) is 10.3. The van der Waals surface area contributed by atoms with E-state index in [-0.39, 0.29) is 0 Å². The second-order valence-corrected chi connectivity index (χ2v) is 7.48. The van der Waals surface area contributed by atoms with E-state index in [4.69, 9.17) is 0 Å². The molecule has 1 aromatic rings. The third-order valence-electron chi connectivity index (χ3n) is 3.84. The third kappa shape index (κ3) is 5.95. The Balaban J connectivity index is 2.98. The molecule has 0 radical (unpaired) electrons. The summed E-state index contributed by atoms with van der Waals surface area (Å²) >= 11 is 4.39. The van der Waals surface area contributed by atoms with Crippen molar-refractivity contribution in [2.75, 3.05) is 0 Å². The molecule has 0 saturated carbocycles. The number of allylic oxidation sites excluding steroid dienone is 3. The Morgan fingerprint density at radius 2 is 2.00 bits per heavy atom. The number of hydrogen-bond acceptors (Lipinski definition) is 1. The number of benzene rings is 1. The molecular weight excluding hydrogens is 323 g/mol. The van der Waals surface area contributed by atoms with Crippen molar-refractivity contribution in [1.82, 2.24) is 0 Å². The van der Waals surface area contributed by atoms with Gasteiger partial charge in [0.2, 0.25) is 0 Å². The summed E-state index contributed by atoms with van der Waals surface area (Å²) in [7, 11) is 0. The quantitative estimate of drug-likeness (QED) is 0.466. The summed E-state index contributed by atoms with van der Waals surface area (Å²) < 4.78 is 2.09. The van der Waals surface area contributed by atoms with E-state index in [0.717, 1.165) is 5.75 Å². The van der Waals surface area contributed by atoms with Crippen molar-refractivity contribution in [2.45, 2.75) is 58.1 Å². The van der Waals surface area contributed by atoms with E-state index < -0.39 is 0 Å². The number of hydrogen-bond donors (Lipinski definition) is 0. The summed E-state index contributed by atoms with van der Waals surface area (Å²) in [6.45, 7) is 13.0. The van der Waals surface area contributed by atoms with Crippen LogP contribution in [0, 0.1) is 0 Å². The maximum atomic E-state index is 3.78. The van der Waals surface area contributed by atoms with Crippen molar-refractivity contribution in [3.63, 3.8) is 0 Å². The van der Waals surface area contributed by atoms with Gasteiger partial charge in [0.05, 0.1) is 0 Å². The Hall–Kier alpha value is -0.496. The van der Waals surface area contributed by atoms with Crippen LogP contribution in [0.1, 0.15) is 69.1 Å².